The number of aliphatic hydroxyl groups excluding tert-OH is 1. The van der Waals surface area contributed by atoms with Crippen molar-refractivity contribution in [1.29, 1.82) is 0 Å². The molecule has 92 valence electrons. The highest BCUT2D eigenvalue weighted by Gasteiger charge is 2.41. The third-order valence-electron chi connectivity index (χ3n) is 4.77. The Bertz CT molecular complexity index is 246. The zero-order valence-electron chi connectivity index (χ0n) is 9.98. The van der Waals surface area contributed by atoms with Gasteiger partial charge in [-0.1, -0.05) is 12.8 Å². The van der Waals surface area contributed by atoms with Crippen LogP contribution in [0.4, 0.5) is 0 Å². The van der Waals surface area contributed by atoms with Crippen molar-refractivity contribution in [1.82, 2.24) is 4.90 Å². The number of fused-ring (bicyclic) bond motifs is 1. The SMILES string of the molecule is OC1CCOCC1N1CCC2CCCCC21. The fourth-order valence-corrected chi connectivity index (χ4v) is 3.88. The summed E-state index contributed by atoms with van der Waals surface area (Å²) in [5, 5.41) is 10.1. The summed E-state index contributed by atoms with van der Waals surface area (Å²) in [5.41, 5.74) is 0. The van der Waals surface area contributed by atoms with Crippen LogP contribution in [0, 0.1) is 5.92 Å². The maximum absolute atomic E-state index is 10.1. The second-order valence-corrected chi connectivity index (χ2v) is 5.64. The van der Waals surface area contributed by atoms with Crippen molar-refractivity contribution in [2.75, 3.05) is 19.8 Å². The molecule has 3 rings (SSSR count). The third kappa shape index (κ3) is 1.89. The number of hydrogen-bond acceptors (Lipinski definition) is 3. The molecule has 16 heavy (non-hydrogen) atoms. The molecule has 0 aromatic carbocycles. The molecule has 3 nitrogen and oxygen atoms in total. The van der Waals surface area contributed by atoms with Gasteiger partial charge in [0.15, 0.2) is 0 Å². The number of rotatable bonds is 1. The lowest BCUT2D eigenvalue weighted by atomic mass is 9.84. The standard InChI is InChI=1S/C13H23NO2/c15-13-6-8-16-9-12(13)14-7-5-10-3-1-2-4-11(10)14/h10-13,15H,1-9H2. The van der Waals surface area contributed by atoms with Crippen LogP contribution in [0.2, 0.25) is 0 Å². The first-order chi connectivity index (χ1) is 7.86. The van der Waals surface area contributed by atoms with E-state index >= 15 is 0 Å². The van der Waals surface area contributed by atoms with Gasteiger partial charge in [-0.15, -0.1) is 0 Å². The maximum Gasteiger partial charge on any atom is 0.0739 e. The van der Waals surface area contributed by atoms with Crippen LogP contribution < -0.4 is 0 Å². The van der Waals surface area contributed by atoms with Crippen molar-refractivity contribution in [2.45, 2.75) is 56.7 Å². The molecule has 2 heterocycles. The van der Waals surface area contributed by atoms with E-state index in [4.69, 9.17) is 4.74 Å². The van der Waals surface area contributed by atoms with Gasteiger partial charge in [0.2, 0.25) is 0 Å². The number of likely N-dealkylation sites (tertiary alicyclic amines) is 1. The Labute approximate surface area is 97.8 Å². The van der Waals surface area contributed by atoms with E-state index in [0.717, 1.165) is 31.6 Å². The monoisotopic (exact) mass is 225 g/mol. The van der Waals surface area contributed by atoms with E-state index in [1.807, 2.05) is 0 Å². The molecule has 1 saturated carbocycles. The predicted octanol–water partition coefficient (Wildman–Crippen LogP) is 1.40. The van der Waals surface area contributed by atoms with Crippen molar-refractivity contribution in [2.24, 2.45) is 5.92 Å². The molecule has 0 amide bonds. The highest BCUT2D eigenvalue weighted by atomic mass is 16.5. The number of hydrogen-bond donors (Lipinski definition) is 1. The summed E-state index contributed by atoms with van der Waals surface area (Å²) in [5.74, 6) is 0.905. The molecule has 0 bridgehead atoms. The van der Waals surface area contributed by atoms with Crippen LogP contribution in [-0.4, -0.2) is 48.0 Å². The van der Waals surface area contributed by atoms with Crippen molar-refractivity contribution >= 4 is 0 Å². The lowest BCUT2D eigenvalue weighted by Gasteiger charge is -2.40. The molecule has 3 fully saturated rings. The molecule has 0 radical (unpaired) electrons. The fraction of sp³-hybridized carbons (Fsp3) is 1.00. The highest BCUT2D eigenvalue weighted by molar-refractivity contribution is 4.95. The Morgan fingerprint density at radius 2 is 1.88 bits per heavy atom. The fourth-order valence-electron chi connectivity index (χ4n) is 3.88. The normalized spacial score (nSPS) is 45.6. The smallest absolute Gasteiger partial charge is 0.0739 e. The molecule has 0 spiro atoms. The lowest BCUT2D eigenvalue weighted by Crippen LogP contribution is -2.52. The van der Waals surface area contributed by atoms with Crippen LogP contribution in [0.25, 0.3) is 0 Å². The van der Waals surface area contributed by atoms with Crippen LogP contribution in [0.1, 0.15) is 38.5 Å². The van der Waals surface area contributed by atoms with E-state index < -0.39 is 0 Å². The van der Waals surface area contributed by atoms with Crippen molar-refractivity contribution in [3.63, 3.8) is 0 Å². The van der Waals surface area contributed by atoms with E-state index in [1.165, 1.54) is 38.6 Å². The minimum atomic E-state index is -0.158. The largest absolute Gasteiger partial charge is 0.391 e. The molecule has 4 atom stereocenters. The average molecular weight is 225 g/mol. The Kier molecular flexibility index (Phi) is 3.18. The molecular weight excluding hydrogens is 202 g/mol. The molecular formula is C13H23NO2. The summed E-state index contributed by atoms with van der Waals surface area (Å²) in [6.45, 7) is 2.66. The van der Waals surface area contributed by atoms with Gasteiger partial charge in [0.1, 0.15) is 0 Å². The maximum atomic E-state index is 10.1. The molecule has 2 aliphatic heterocycles. The summed E-state index contributed by atoms with van der Waals surface area (Å²) in [7, 11) is 0. The van der Waals surface area contributed by atoms with Gasteiger partial charge in [0.25, 0.3) is 0 Å². The quantitative estimate of drug-likeness (QED) is 0.732. The number of ether oxygens (including phenoxy) is 1. The van der Waals surface area contributed by atoms with Gasteiger partial charge >= 0.3 is 0 Å². The van der Waals surface area contributed by atoms with Crippen molar-refractivity contribution < 1.29 is 9.84 Å². The minimum absolute atomic E-state index is 0.158. The van der Waals surface area contributed by atoms with E-state index in [1.54, 1.807) is 0 Å². The summed E-state index contributed by atoms with van der Waals surface area (Å²) in [4.78, 5) is 2.56. The predicted molar refractivity (Wildman–Crippen MR) is 62.3 cm³/mol. The molecule has 4 unspecified atom stereocenters. The van der Waals surface area contributed by atoms with Crippen molar-refractivity contribution in [3.05, 3.63) is 0 Å². The summed E-state index contributed by atoms with van der Waals surface area (Å²) in [6, 6.07) is 1.02. The molecule has 3 aliphatic rings. The van der Waals surface area contributed by atoms with E-state index in [-0.39, 0.29) is 12.1 Å². The Balaban J connectivity index is 1.69. The molecule has 0 aromatic heterocycles. The Morgan fingerprint density at radius 3 is 2.75 bits per heavy atom. The van der Waals surface area contributed by atoms with Crippen molar-refractivity contribution in [3.8, 4) is 0 Å². The average Bonchev–Trinajstić information content (AvgIpc) is 2.74. The first-order valence-corrected chi connectivity index (χ1v) is 6.88. The van der Waals surface area contributed by atoms with Gasteiger partial charge in [0, 0.05) is 12.6 Å². The zero-order chi connectivity index (χ0) is 11.0. The van der Waals surface area contributed by atoms with Gasteiger partial charge in [-0.25, -0.2) is 0 Å². The van der Waals surface area contributed by atoms with Crippen LogP contribution in [0.15, 0.2) is 0 Å². The first-order valence-electron chi connectivity index (χ1n) is 6.88. The van der Waals surface area contributed by atoms with Gasteiger partial charge in [-0.3, -0.25) is 4.90 Å². The lowest BCUT2D eigenvalue weighted by molar-refractivity contribution is -0.0695. The second kappa shape index (κ2) is 4.63. The van der Waals surface area contributed by atoms with E-state index in [0.29, 0.717) is 0 Å². The molecule has 1 aliphatic carbocycles. The molecule has 2 saturated heterocycles. The van der Waals surface area contributed by atoms with Gasteiger partial charge in [-0.05, 0) is 38.1 Å². The highest BCUT2D eigenvalue weighted by Crippen LogP contribution is 2.38. The van der Waals surface area contributed by atoms with Crippen LogP contribution in [0.5, 0.6) is 0 Å². The van der Waals surface area contributed by atoms with E-state index in [2.05, 4.69) is 4.90 Å². The Hall–Kier alpha value is -0.120. The van der Waals surface area contributed by atoms with Gasteiger partial charge in [-0.2, -0.15) is 0 Å². The number of nitrogens with zero attached hydrogens (tertiary/aromatic N) is 1. The summed E-state index contributed by atoms with van der Waals surface area (Å²) < 4.78 is 5.54. The third-order valence-corrected chi connectivity index (χ3v) is 4.77. The van der Waals surface area contributed by atoms with Gasteiger partial charge in [0.05, 0.1) is 18.8 Å². The van der Waals surface area contributed by atoms with Gasteiger partial charge < -0.3 is 9.84 Å². The number of aliphatic hydroxyl groups is 1. The van der Waals surface area contributed by atoms with Crippen LogP contribution in [0.3, 0.4) is 0 Å². The van der Waals surface area contributed by atoms with E-state index in [9.17, 15) is 5.11 Å². The molecule has 3 heteroatoms. The second-order valence-electron chi connectivity index (χ2n) is 5.64. The van der Waals surface area contributed by atoms with Crippen LogP contribution >= 0.6 is 0 Å². The first kappa shape index (κ1) is 11.0. The molecule has 1 N–H and O–H groups in total. The minimum Gasteiger partial charge on any atom is -0.391 e. The topological polar surface area (TPSA) is 32.7 Å². The Morgan fingerprint density at radius 1 is 1.00 bits per heavy atom. The summed E-state index contributed by atoms with van der Waals surface area (Å²) in [6.07, 6.45) is 7.54. The zero-order valence-corrected chi connectivity index (χ0v) is 9.98. The molecule has 0 aromatic rings. The summed E-state index contributed by atoms with van der Waals surface area (Å²) >= 11 is 0. The van der Waals surface area contributed by atoms with Crippen LogP contribution in [-0.2, 0) is 4.74 Å².